The fraction of sp³-hybridized carbons (Fsp3) is 0. The number of anilines is 1. The van der Waals surface area contributed by atoms with Gasteiger partial charge in [0.05, 0.1) is 4.88 Å². The fourth-order valence-corrected chi connectivity index (χ4v) is 2.23. The Balaban J connectivity index is 2.46. The molecule has 2 N–H and O–H groups in total. The number of aromatic nitrogens is 3. The monoisotopic (exact) mass is 256 g/mol. The highest BCUT2D eigenvalue weighted by Crippen LogP contribution is 2.26. The zero-order valence-corrected chi connectivity index (χ0v) is 8.84. The Bertz CT molecular complexity index is 428. The summed E-state index contributed by atoms with van der Waals surface area (Å²) in [5.74, 6) is 0.859. The predicted octanol–water partition coefficient (Wildman–Crippen LogP) is 1.94. The Morgan fingerprint density at radius 1 is 1.38 bits per heavy atom. The summed E-state index contributed by atoms with van der Waals surface area (Å²) < 4.78 is 1.02. The molecule has 0 aliphatic carbocycles. The first kappa shape index (κ1) is 8.58. The van der Waals surface area contributed by atoms with E-state index in [-0.39, 0.29) is 5.95 Å². The largest absolute Gasteiger partial charge is 0.368 e. The highest BCUT2D eigenvalue weighted by molar-refractivity contribution is 9.10. The molecular weight excluding hydrogens is 252 g/mol. The van der Waals surface area contributed by atoms with E-state index in [0.29, 0.717) is 5.82 Å². The molecule has 0 aliphatic rings. The van der Waals surface area contributed by atoms with E-state index in [1.165, 1.54) is 6.33 Å². The van der Waals surface area contributed by atoms with Crippen LogP contribution in [0.2, 0.25) is 0 Å². The van der Waals surface area contributed by atoms with Crippen LogP contribution in [0.15, 0.2) is 22.2 Å². The van der Waals surface area contributed by atoms with Gasteiger partial charge in [-0.05, 0) is 22.0 Å². The topological polar surface area (TPSA) is 64.7 Å². The molecule has 0 aromatic carbocycles. The highest BCUT2D eigenvalue weighted by Gasteiger charge is 2.04. The molecule has 66 valence electrons. The summed E-state index contributed by atoms with van der Waals surface area (Å²) in [6.45, 7) is 0. The Morgan fingerprint density at radius 2 is 2.23 bits per heavy atom. The Labute approximate surface area is 87.0 Å². The number of rotatable bonds is 1. The summed E-state index contributed by atoms with van der Waals surface area (Å²) in [4.78, 5) is 12.7. The van der Waals surface area contributed by atoms with Gasteiger partial charge in [-0.15, -0.1) is 11.3 Å². The maximum atomic E-state index is 5.43. The van der Waals surface area contributed by atoms with Gasteiger partial charge in [0.1, 0.15) is 6.33 Å². The molecule has 0 fully saturated rings. The van der Waals surface area contributed by atoms with Crippen LogP contribution in [0.4, 0.5) is 5.95 Å². The maximum absolute atomic E-state index is 5.43. The number of nitrogens with zero attached hydrogens (tertiary/aromatic N) is 3. The smallest absolute Gasteiger partial charge is 0.223 e. The lowest BCUT2D eigenvalue weighted by atomic mass is 10.4. The van der Waals surface area contributed by atoms with Crippen LogP contribution in [-0.4, -0.2) is 15.0 Å². The van der Waals surface area contributed by atoms with Crippen LogP contribution in [0.3, 0.4) is 0 Å². The van der Waals surface area contributed by atoms with Gasteiger partial charge < -0.3 is 5.73 Å². The van der Waals surface area contributed by atoms with Crippen molar-refractivity contribution in [3.05, 3.63) is 22.2 Å². The quantitative estimate of drug-likeness (QED) is 0.847. The lowest BCUT2D eigenvalue weighted by Gasteiger charge is -1.94. The van der Waals surface area contributed by atoms with Gasteiger partial charge in [-0.2, -0.15) is 4.98 Å². The molecule has 6 heteroatoms. The van der Waals surface area contributed by atoms with Crippen LogP contribution in [0.25, 0.3) is 10.7 Å². The predicted molar refractivity (Wildman–Crippen MR) is 55.3 cm³/mol. The Hall–Kier alpha value is -1.01. The minimum absolute atomic E-state index is 0.245. The average Bonchev–Trinajstić information content (AvgIpc) is 2.52. The van der Waals surface area contributed by atoms with E-state index in [4.69, 9.17) is 5.73 Å². The molecule has 2 rings (SSSR count). The summed E-state index contributed by atoms with van der Waals surface area (Å²) >= 11 is 4.91. The van der Waals surface area contributed by atoms with Gasteiger partial charge in [0, 0.05) is 9.85 Å². The summed E-state index contributed by atoms with van der Waals surface area (Å²) in [7, 11) is 0. The van der Waals surface area contributed by atoms with E-state index in [2.05, 4.69) is 30.9 Å². The molecular formula is C7H5BrN4S. The molecule has 2 aromatic rings. The second-order valence-corrected chi connectivity index (χ2v) is 4.12. The van der Waals surface area contributed by atoms with E-state index in [1.54, 1.807) is 11.3 Å². The minimum Gasteiger partial charge on any atom is -0.368 e. The second-order valence-electron chi connectivity index (χ2n) is 2.30. The van der Waals surface area contributed by atoms with Crippen LogP contribution >= 0.6 is 27.3 Å². The molecule has 0 radical (unpaired) electrons. The number of hydrogen-bond acceptors (Lipinski definition) is 5. The van der Waals surface area contributed by atoms with Crippen molar-refractivity contribution in [1.82, 2.24) is 15.0 Å². The van der Waals surface area contributed by atoms with Crippen LogP contribution in [0.1, 0.15) is 0 Å². The van der Waals surface area contributed by atoms with Crippen molar-refractivity contribution < 1.29 is 0 Å². The van der Waals surface area contributed by atoms with E-state index in [0.717, 1.165) is 9.35 Å². The van der Waals surface area contributed by atoms with E-state index in [1.807, 2.05) is 11.4 Å². The summed E-state index contributed by atoms with van der Waals surface area (Å²) in [5.41, 5.74) is 5.43. The van der Waals surface area contributed by atoms with Gasteiger partial charge in [0.2, 0.25) is 5.95 Å². The first-order chi connectivity index (χ1) is 6.25. The third-order valence-electron chi connectivity index (χ3n) is 1.38. The summed E-state index contributed by atoms with van der Waals surface area (Å²) in [6, 6.07) is 1.94. The zero-order chi connectivity index (χ0) is 9.26. The molecule has 0 bridgehead atoms. The van der Waals surface area contributed by atoms with Gasteiger partial charge >= 0.3 is 0 Å². The summed E-state index contributed by atoms with van der Waals surface area (Å²) in [5, 5.41) is 1.97. The van der Waals surface area contributed by atoms with E-state index >= 15 is 0 Å². The Morgan fingerprint density at radius 3 is 2.85 bits per heavy atom. The molecule has 0 aliphatic heterocycles. The molecule has 4 nitrogen and oxygen atoms in total. The van der Waals surface area contributed by atoms with Crippen molar-refractivity contribution in [3.63, 3.8) is 0 Å². The van der Waals surface area contributed by atoms with Crippen LogP contribution in [0.5, 0.6) is 0 Å². The first-order valence-electron chi connectivity index (χ1n) is 3.44. The Kier molecular flexibility index (Phi) is 2.24. The van der Waals surface area contributed by atoms with E-state index in [9.17, 15) is 0 Å². The van der Waals surface area contributed by atoms with Gasteiger partial charge in [-0.1, -0.05) is 0 Å². The highest BCUT2D eigenvalue weighted by atomic mass is 79.9. The summed E-state index contributed by atoms with van der Waals surface area (Å²) in [6.07, 6.45) is 1.41. The lowest BCUT2D eigenvalue weighted by molar-refractivity contribution is 1.08. The molecule has 0 amide bonds. The molecule has 13 heavy (non-hydrogen) atoms. The molecule has 0 unspecified atom stereocenters. The van der Waals surface area contributed by atoms with Crippen molar-refractivity contribution in [2.45, 2.75) is 0 Å². The molecule has 0 atom stereocenters. The molecule has 0 saturated carbocycles. The molecule has 2 heterocycles. The number of thiophene rings is 1. The second kappa shape index (κ2) is 3.39. The number of hydrogen-bond donors (Lipinski definition) is 1. The van der Waals surface area contributed by atoms with Gasteiger partial charge in [0.25, 0.3) is 0 Å². The van der Waals surface area contributed by atoms with Crippen molar-refractivity contribution in [2.75, 3.05) is 5.73 Å². The van der Waals surface area contributed by atoms with Crippen molar-refractivity contribution >= 4 is 33.2 Å². The fourth-order valence-electron chi connectivity index (χ4n) is 0.858. The van der Waals surface area contributed by atoms with Crippen molar-refractivity contribution in [2.24, 2.45) is 0 Å². The molecule has 0 saturated heterocycles. The number of nitrogens with two attached hydrogens (primary N) is 1. The molecule has 2 aromatic heterocycles. The normalized spacial score (nSPS) is 10.2. The zero-order valence-electron chi connectivity index (χ0n) is 6.44. The van der Waals surface area contributed by atoms with E-state index < -0.39 is 0 Å². The van der Waals surface area contributed by atoms with Crippen LogP contribution in [-0.2, 0) is 0 Å². The van der Waals surface area contributed by atoms with Crippen molar-refractivity contribution in [1.29, 1.82) is 0 Å². The average molecular weight is 257 g/mol. The minimum atomic E-state index is 0.245. The third-order valence-corrected chi connectivity index (χ3v) is 3.07. The number of halogens is 1. The molecule has 0 spiro atoms. The van der Waals surface area contributed by atoms with Gasteiger partial charge in [-0.3, -0.25) is 0 Å². The SMILES string of the molecule is Nc1ncnc(-c2cc(Br)cs2)n1. The lowest BCUT2D eigenvalue weighted by Crippen LogP contribution is -1.96. The maximum Gasteiger partial charge on any atom is 0.223 e. The van der Waals surface area contributed by atoms with Crippen LogP contribution < -0.4 is 5.73 Å². The van der Waals surface area contributed by atoms with Gasteiger partial charge in [0.15, 0.2) is 5.82 Å². The standard InChI is InChI=1S/C7H5BrN4S/c8-4-1-5(13-2-4)6-10-3-11-7(9)12-6/h1-3H,(H2,9,10,11,12). The first-order valence-corrected chi connectivity index (χ1v) is 5.12. The van der Waals surface area contributed by atoms with Crippen molar-refractivity contribution in [3.8, 4) is 10.7 Å². The van der Waals surface area contributed by atoms with Crippen LogP contribution in [0, 0.1) is 0 Å². The number of nitrogen functional groups attached to an aromatic ring is 1. The van der Waals surface area contributed by atoms with Gasteiger partial charge in [-0.25, -0.2) is 9.97 Å². The third kappa shape index (κ3) is 1.84.